The smallest absolute Gasteiger partial charge is 0.338 e. The van der Waals surface area contributed by atoms with Crippen LogP contribution in [0.5, 0.6) is 11.5 Å². The van der Waals surface area contributed by atoms with E-state index in [2.05, 4.69) is 10.1 Å². The SMILES string of the molecule is COc1ccc(-c2noc(COC(=O)c3cc(S(C)(=O)=O)ccc3C)n2)c(OC)c1. The highest BCUT2D eigenvalue weighted by molar-refractivity contribution is 7.90. The molecule has 0 atom stereocenters. The van der Waals surface area contributed by atoms with Crippen LogP contribution in [0.3, 0.4) is 0 Å². The number of aryl methyl sites for hydroxylation is 1. The summed E-state index contributed by atoms with van der Waals surface area (Å²) in [6.07, 6.45) is 1.07. The van der Waals surface area contributed by atoms with E-state index >= 15 is 0 Å². The molecule has 0 spiro atoms. The van der Waals surface area contributed by atoms with Crippen LogP contribution in [0.4, 0.5) is 0 Å². The first-order valence-electron chi connectivity index (χ1n) is 8.75. The molecular weight excluding hydrogens is 412 g/mol. The zero-order valence-electron chi connectivity index (χ0n) is 16.8. The molecule has 0 aliphatic rings. The van der Waals surface area contributed by atoms with E-state index in [1.807, 2.05) is 0 Å². The quantitative estimate of drug-likeness (QED) is 0.519. The Morgan fingerprint density at radius 1 is 1.10 bits per heavy atom. The highest BCUT2D eigenvalue weighted by Crippen LogP contribution is 2.31. The average molecular weight is 432 g/mol. The van der Waals surface area contributed by atoms with Gasteiger partial charge >= 0.3 is 5.97 Å². The first kappa shape index (κ1) is 21.3. The number of esters is 1. The monoisotopic (exact) mass is 432 g/mol. The number of rotatable bonds is 7. The van der Waals surface area contributed by atoms with Crippen LogP contribution in [0.1, 0.15) is 21.8 Å². The van der Waals surface area contributed by atoms with Gasteiger partial charge in [0.25, 0.3) is 5.89 Å². The van der Waals surface area contributed by atoms with Crippen LogP contribution >= 0.6 is 0 Å². The normalized spacial score (nSPS) is 11.2. The number of carbonyl (C=O) groups is 1. The lowest BCUT2D eigenvalue weighted by Crippen LogP contribution is -2.09. The molecule has 10 heteroatoms. The molecule has 0 aliphatic heterocycles. The van der Waals surface area contributed by atoms with E-state index in [1.165, 1.54) is 19.2 Å². The number of ether oxygens (including phenoxy) is 3. The molecule has 0 radical (unpaired) electrons. The summed E-state index contributed by atoms with van der Waals surface area (Å²) in [5.41, 5.74) is 1.31. The van der Waals surface area contributed by atoms with Crippen molar-refractivity contribution in [2.45, 2.75) is 18.4 Å². The lowest BCUT2D eigenvalue weighted by Gasteiger charge is -2.07. The molecule has 3 aromatic rings. The van der Waals surface area contributed by atoms with Gasteiger partial charge in [0, 0.05) is 12.3 Å². The van der Waals surface area contributed by atoms with Gasteiger partial charge < -0.3 is 18.7 Å². The van der Waals surface area contributed by atoms with Crippen molar-refractivity contribution in [1.29, 1.82) is 0 Å². The minimum absolute atomic E-state index is 0.0340. The third kappa shape index (κ3) is 4.60. The minimum Gasteiger partial charge on any atom is -0.497 e. The third-order valence-corrected chi connectivity index (χ3v) is 5.41. The summed E-state index contributed by atoms with van der Waals surface area (Å²) in [5.74, 6) is 0.746. The Morgan fingerprint density at radius 3 is 2.53 bits per heavy atom. The summed E-state index contributed by atoms with van der Waals surface area (Å²) < 4.78 is 44.3. The fourth-order valence-electron chi connectivity index (χ4n) is 2.66. The van der Waals surface area contributed by atoms with E-state index < -0.39 is 15.8 Å². The number of hydrogen-bond acceptors (Lipinski definition) is 9. The molecule has 0 fully saturated rings. The van der Waals surface area contributed by atoms with E-state index in [0.29, 0.717) is 22.6 Å². The standard InChI is InChI=1S/C20H20N2O7S/c1-12-5-7-14(30(4,24)25)10-16(12)20(23)28-11-18-21-19(22-29-18)15-8-6-13(26-2)9-17(15)27-3/h5-10H,11H2,1-4H3. The Balaban J connectivity index is 1.76. The second-order valence-corrected chi connectivity index (χ2v) is 8.42. The van der Waals surface area contributed by atoms with Crippen molar-refractivity contribution in [3.63, 3.8) is 0 Å². The van der Waals surface area contributed by atoms with Gasteiger partial charge in [-0.05, 0) is 36.8 Å². The lowest BCUT2D eigenvalue weighted by molar-refractivity contribution is 0.0428. The molecule has 3 rings (SSSR count). The molecule has 2 aromatic carbocycles. The molecule has 0 aliphatic carbocycles. The molecule has 9 nitrogen and oxygen atoms in total. The van der Waals surface area contributed by atoms with E-state index in [-0.39, 0.29) is 28.8 Å². The van der Waals surface area contributed by atoms with Gasteiger partial charge in [-0.3, -0.25) is 0 Å². The summed E-state index contributed by atoms with van der Waals surface area (Å²) in [7, 11) is -0.399. The molecule has 0 N–H and O–H groups in total. The highest BCUT2D eigenvalue weighted by atomic mass is 32.2. The first-order chi connectivity index (χ1) is 14.2. The number of benzene rings is 2. The first-order valence-corrected chi connectivity index (χ1v) is 10.6. The van der Waals surface area contributed by atoms with Gasteiger partial charge in [0.2, 0.25) is 5.82 Å². The maximum atomic E-state index is 12.4. The number of hydrogen-bond donors (Lipinski definition) is 0. The molecule has 0 bridgehead atoms. The molecule has 158 valence electrons. The van der Waals surface area contributed by atoms with Crippen molar-refractivity contribution in [1.82, 2.24) is 10.1 Å². The maximum Gasteiger partial charge on any atom is 0.338 e. The zero-order chi connectivity index (χ0) is 21.9. The van der Waals surface area contributed by atoms with E-state index in [4.69, 9.17) is 18.7 Å². The van der Waals surface area contributed by atoms with Gasteiger partial charge in [-0.2, -0.15) is 4.98 Å². The molecule has 1 heterocycles. The fraction of sp³-hybridized carbons (Fsp3) is 0.250. The molecular formula is C20H20N2O7S. The Hall–Kier alpha value is -3.40. The molecule has 1 aromatic heterocycles. The second-order valence-electron chi connectivity index (χ2n) is 6.40. The molecule has 0 saturated heterocycles. The van der Waals surface area contributed by atoms with Crippen LogP contribution in [0, 0.1) is 6.92 Å². The summed E-state index contributed by atoms with van der Waals surface area (Å²) >= 11 is 0. The largest absolute Gasteiger partial charge is 0.497 e. The minimum atomic E-state index is -3.45. The maximum absolute atomic E-state index is 12.4. The van der Waals surface area contributed by atoms with Gasteiger partial charge in [0.05, 0.1) is 30.2 Å². The molecule has 0 amide bonds. The van der Waals surface area contributed by atoms with E-state index in [9.17, 15) is 13.2 Å². The molecule has 0 saturated carbocycles. The van der Waals surface area contributed by atoms with Crippen molar-refractivity contribution in [2.75, 3.05) is 20.5 Å². The van der Waals surface area contributed by atoms with Crippen molar-refractivity contribution >= 4 is 15.8 Å². The fourth-order valence-corrected chi connectivity index (χ4v) is 3.31. The Kier molecular flexibility index (Phi) is 6.06. The number of methoxy groups -OCH3 is 2. The van der Waals surface area contributed by atoms with Crippen LogP contribution < -0.4 is 9.47 Å². The van der Waals surface area contributed by atoms with Crippen molar-refractivity contribution < 1.29 is 31.9 Å². The van der Waals surface area contributed by atoms with Crippen LogP contribution in [-0.2, 0) is 21.2 Å². The van der Waals surface area contributed by atoms with Crippen molar-refractivity contribution in [3.8, 4) is 22.9 Å². The zero-order valence-corrected chi connectivity index (χ0v) is 17.6. The van der Waals surface area contributed by atoms with Gasteiger partial charge in [0.15, 0.2) is 16.4 Å². The Morgan fingerprint density at radius 2 is 1.87 bits per heavy atom. The summed E-state index contributed by atoms with van der Waals surface area (Å²) in [6, 6.07) is 9.41. The summed E-state index contributed by atoms with van der Waals surface area (Å²) in [6.45, 7) is 1.41. The number of aromatic nitrogens is 2. The lowest BCUT2D eigenvalue weighted by atomic mass is 10.1. The van der Waals surface area contributed by atoms with Crippen LogP contribution in [0.2, 0.25) is 0 Å². The summed E-state index contributed by atoms with van der Waals surface area (Å²) in [4.78, 5) is 16.7. The highest BCUT2D eigenvalue weighted by Gasteiger charge is 2.18. The second kappa shape index (κ2) is 8.54. The number of sulfone groups is 1. The van der Waals surface area contributed by atoms with Crippen molar-refractivity contribution in [2.24, 2.45) is 0 Å². The van der Waals surface area contributed by atoms with Crippen LogP contribution in [-0.4, -0.2) is 45.0 Å². The van der Waals surface area contributed by atoms with Crippen LogP contribution in [0.15, 0.2) is 45.8 Å². The number of nitrogens with zero attached hydrogens (tertiary/aromatic N) is 2. The average Bonchev–Trinajstić information content (AvgIpc) is 3.19. The van der Waals surface area contributed by atoms with E-state index in [0.717, 1.165) is 6.26 Å². The van der Waals surface area contributed by atoms with Gasteiger partial charge in [-0.1, -0.05) is 11.2 Å². The summed E-state index contributed by atoms with van der Waals surface area (Å²) in [5, 5.41) is 3.89. The number of carbonyl (C=O) groups excluding carboxylic acids is 1. The predicted octanol–water partition coefficient (Wildman–Crippen LogP) is 2.82. The van der Waals surface area contributed by atoms with E-state index in [1.54, 1.807) is 38.3 Å². The molecule has 30 heavy (non-hydrogen) atoms. The Labute approximate surface area is 173 Å². The van der Waals surface area contributed by atoms with Crippen molar-refractivity contribution in [3.05, 3.63) is 53.4 Å². The van der Waals surface area contributed by atoms with Gasteiger partial charge in [0.1, 0.15) is 11.5 Å². The molecule has 0 unspecified atom stereocenters. The van der Waals surface area contributed by atoms with Gasteiger partial charge in [-0.25, -0.2) is 13.2 Å². The van der Waals surface area contributed by atoms with Gasteiger partial charge in [-0.15, -0.1) is 0 Å². The topological polar surface area (TPSA) is 118 Å². The third-order valence-electron chi connectivity index (χ3n) is 4.30. The Bertz CT molecular complexity index is 1190. The predicted molar refractivity (Wildman–Crippen MR) is 106 cm³/mol. The van der Waals surface area contributed by atoms with Crippen LogP contribution in [0.25, 0.3) is 11.4 Å².